The average molecular weight is 332 g/mol. The van der Waals surface area contributed by atoms with Gasteiger partial charge in [-0.15, -0.1) is 0 Å². The van der Waals surface area contributed by atoms with Gasteiger partial charge in [0.25, 0.3) is 0 Å². The second kappa shape index (κ2) is 6.23. The summed E-state index contributed by atoms with van der Waals surface area (Å²) in [6, 6.07) is 4.18. The first kappa shape index (κ1) is 18.5. The molecule has 0 radical (unpaired) electrons. The molecule has 1 aliphatic heterocycles. The van der Waals surface area contributed by atoms with Crippen LogP contribution >= 0.6 is 0 Å². The lowest BCUT2D eigenvalue weighted by molar-refractivity contribution is -0.163. The minimum atomic E-state index is -0.443. The molecule has 4 nitrogen and oxygen atoms in total. The smallest absolute Gasteiger partial charge is 0.314 e. The van der Waals surface area contributed by atoms with E-state index < -0.39 is 11.9 Å². The maximum absolute atomic E-state index is 11.7. The molecule has 0 bridgehead atoms. The van der Waals surface area contributed by atoms with E-state index in [1.54, 1.807) is 7.11 Å². The Kier molecular flexibility index (Phi) is 4.80. The van der Waals surface area contributed by atoms with E-state index in [4.69, 9.17) is 4.74 Å². The first-order chi connectivity index (χ1) is 10.9. The van der Waals surface area contributed by atoms with Gasteiger partial charge in [-0.3, -0.25) is 9.59 Å². The van der Waals surface area contributed by atoms with Crippen molar-refractivity contribution < 1.29 is 19.1 Å². The van der Waals surface area contributed by atoms with Crippen LogP contribution in [0.5, 0.6) is 5.75 Å². The number of rotatable bonds is 2. The van der Waals surface area contributed by atoms with E-state index in [0.29, 0.717) is 0 Å². The Morgan fingerprint density at radius 1 is 0.917 bits per heavy atom. The van der Waals surface area contributed by atoms with Gasteiger partial charge in [0.05, 0.1) is 20.0 Å². The van der Waals surface area contributed by atoms with Gasteiger partial charge in [-0.1, -0.05) is 53.7 Å². The quantitative estimate of drug-likeness (QED) is 0.600. The maximum atomic E-state index is 11.7. The monoisotopic (exact) mass is 332 g/mol. The number of carbonyl (C=O) groups excluding carboxylic acids is 2. The summed E-state index contributed by atoms with van der Waals surface area (Å²) in [5.41, 5.74) is 2.98. The Labute approximate surface area is 144 Å². The highest BCUT2D eigenvalue weighted by molar-refractivity contribution is 5.89. The number of esters is 2. The third-order valence-corrected chi connectivity index (χ3v) is 4.46. The van der Waals surface area contributed by atoms with Crippen LogP contribution in [0.1, 0.15) is 77.0 Å². The highest BCUT2D eigenvalue weighted by atomic mass is 16.6. The molecule has 2 rings (SSSR count). The summed E-state index contributed by atoms with van der Waals surface area (Å²) in [5.74, 6) is -0.126. The molecular weight excluding hydrogens is 304 g/mol. The second-order valence-electron chi connectivity index (χ2n) is 8.60. The lowest BCUT2D eigenvalue weighted by atomic mass is 9.76. The molecule has 1 aromatic rings. The van der Waals surface area contributed by atoms with E-state index in [1.165, 1.54) is 0 Å². The van der Waals surface area contributed by atoms with E-state index >= 15 is 0 Å². The first-order valence-corrected chi connectivity index (χ1v) is 8.40. The lowest BCUT2D eigenvalue weighted by Gasteiger charge is -2.31. The van der Waals surface area contributed by atoms with Crippen molar-refractivity contribution in [2.24, 2.45) is 0 Å². The molecule has 1 heterocycles. The fourth-order valence-electron chi connectivity index (χ4n) is 3.14. The van der Waals surface area contributed by atoms with Crippen LogP contribution < -0.4 is 4.74 Å². The van der Waals surface area contributed by atoms with Gasteiger partial charge >= 0.3 is 11.9 Å². The molecule has 4 heteroatoms. The number of methoxy groups -OCH3 is 1. The van der Waals surface area contributed by atoms with E-state index in [9.17, 15) is 9.59 Å². The van der Waals surface area contributed by atoms with Crippen LogP contribution in [0.2, 0.25) is 0 Å². The van der Waals surface area contributed by atoms with Crippen molar-refractivity contribution in [3.63, 3.8) is 0 Å². The largest absolute Gasteiger partial charge is 0.496 e. The highest BCUT2D eigenvalue weighted by Gasteiger charge is 2.33. The van der Waals surface area contributed by atoms with Gasteiger partial charge in [-0.05, 0) is 16.4 Å². The normalized spacial score (nSPS) is 17.0. The Hall–Kier alpha value is -1.84. The van der Waals surface area contributed by atoms with Crippen LogP contribution in [-0.2, 0) is 25.2 Å². The molecule has 0 spiro atoms. The van der Waals surface area contributed by atoms with Gasteiger partial charge in [0, 0.05) is 17.0 Å². The van der Waals surface area contributed by atoms with Crippen molar-refractivity contribution in [2.75, 3.05) is 7.11 Å². The summed E-state index contributed by atoms with van der Waals surface area (Å²) in [6.07, 6.45) is 0.483. The third-order valence-electron chi connectivity index (χ3n) is 4.46. The number of cyclic esters (lactones) is 2. The van der Waals surface area contributed by atoms with Crippen molar-refractivity contribution >= 4 is 11.9 Å². The molecule has 0 N–H and O–H groups in total. The Morgan fingerprint density at radius 3 is 1.67 bits per heavy atom. The van der Waals surface area contributed by atoms with E-state index in [2.05, 4.69) is 58.4 Å². The van der Waals surface area contributed by atoms with Crippen molar-refractivity contribution in [1.29, 1.82) is 0 Å². The minimum absolute atomic E-state index is 0.111. The van der Waals surface area contributed by atoms with E-state index in [1.807, 2.05) is 0 Å². The summed E-state index contributed by atoms with van der Waals surface area (Å²) < 4.78 is 10.4. The van der Waals surface area contributed by atoms with E-state index in [-0.39, 0.29) is 29.6 Å². The lowest BCUT2D eigenvalue weighted by Crippen LogP contribution is -2.26. The van der Waals surface area contributed by atoms with Gasteiger partial charge in [0.2, 0.25) is 0 Å². The van der Waals surface area contributed by atoms with Gasteiger partial charge in [0.15, 0.2) is 0 Å². The molecule has 0 atom stereocenters. The molecule has 1 saturated heterocycles. The van der Waals surface area contributed by atoms with Crippen LogP contribution in [0, 0.1) is 0 Å². The van der Waals surface area contributed by atoms with Crippen LogP contribution in [0.4, 0.5) is 0 Å². The average Bonchev–Trinajstić information content (AvgIpc) is 2.42. The van der Waals surface area contributed by atoms with Gasteiger partial charge in [-0.25, -0.2) is 0 Å². The fourth-order valence-corrected chi connectivity index (χ4v) is 3.14. The van der Waals surface area contributed by atoms with Crippen LogP contribution in [-0.4, -0.2) is 19.0 Å². The van der Waals surface area contributed by atoms with Gasteiger partial charge in [0.1, 0.15) is 5.75 Å². The van der Waals surface area contributed by atoms with Crippen LogP contribution in [0.25, 0.3) is 0 Å². The zero-order valence-corrected chi connectivity index (χ0v) is 15.8. The number of benzene rings is 1. The molecule has 1 aliphatic rings. The standard InChI is InChI=1S/C20H28O4/c1-19(2,3)14-8-12(13-10-16(21)24-17(22)11-13)9-15(18(14)23-7)20(4,5)6/h8-9,13H,10-11H2,1-7H3. The molecule has 0 aliphatic carbocycles. The zero-order chi connectivity index (χ0) is 18.3. The molecule has 0 unspecified atom stereocenters. The summed E-state index contributed by atoms with van der Waals surface area (Å²) in [4.78, 5) is 23.4. The van der Waals surface area contributed by atoms with Crippen molar-refractivity contribution in [2.45, 2.75) is 71.1 Å². The SMILES string of the molecule is COc1c(C(C)(C)C)cc(C2CC(=O)OC(=O)C2)cc1C(C)(C)C. The first-order valence-electron chi connectivity index (χ1n) is 8.40. The Morgan fingerprint density at radius 2 is 1.33 bits per heavy atom. The maximum Gasteiger partial charge on any atom is 0.314 e. The molecular formula is C20H28O4. The predicted octanol–water partition coefficient (Wildman–Crippen LogP) is 4.24. The molecule has 1 fully saturated rings. The summed E-state index contributed by atoms with van der Waals surface area (Å²) >= 11 is 0. The van der Waals surface area contributed by atoms with Crippen molar-refractivity contribution in [3.8, 4) is 5.75 Å². The number of carbonyl (C=O) groups is 2. The highest BCUT2D eigenvalue weighted by Crippen LogP contribution is 2.43. The second-order valence-corrected chi connectivity index (χ2v) is 8.60. The zero-order valence-electron chi connectivity index (χ0n) is 15.8. The minimum Gasteiger partial charge on any atom is -0.496 e. The fraction of sp³-hybridized carbons (Fsp3) is 0.600. The van der Waals surface area contributed by atoms with E-state index in [0.717, 1.165) is 22.4 Å². The third kappa shape index (κ3) is 3.80. The predicted molar refractivity (Wildman–Crippen MR) is 93.5 cm³/mol. The number of ether oxygens (including phenoxy) is 2. The molecule has 132 valence electrons. The topological polar surface area (TPSA) is 52.6 Å². The molecule has 0 saturated carbocycles. The number of hydrogen-bond donors (Lipinski definition) is 0. The molecule has 1 aromatic carbocycles. The van der Waals surface area contributed by atoms with Crippen molar-refractivity contribution in [3.05, 3.63) is 28.8 Å². The summed E-state index contributed by atoms with van der Waals surface area (Å²) in [7, 11) is 1.70. The number of hydrogen-bond acceptors (Lipinski definition) is 4. The summed E-state index contributed by atoms with van der Waals surface area (Å²) in [5, 5.41) is 0. The van der Waals surface area contributed by atoms with Crippen LogP contribution in [0.15, 0.2) is 12.1 Å². The molecule has 0 amide bonds. The van der Waals surface area contributed by atoms with Gasteiger partial charge < -0.3 is 9.47 Å². The summed E-state index contributed by atoms with van der Waals surface area (Å²) in [6.45, 7) is 12.8. The van der Waals surface area contributed by atoms with Crippen LogP contribution in [0.3, 0.4) is 0 Å². The Balaban J connectivity index is 2.65. The molecule has 24 heavy (non-hydrogen) atoms. The van der Waals surface area contributed by atoms with Gasteiger partial charge in [-0.2, -0.15) is 0 Å². The molecule has 0 aromatic heterocycles. The van der Waals surface area contributed by atoms with Crippen molar-refractivity contribution in [1.82, 2.24) is 0 Å². The Bertz CT molecular complexity index is 608.